The molecule has 1 aliphatic heterocycles. The highest BCUT2D eigenvalue weighted by Crippen LogP contribution is 2.27. The molecule has 110 valence electrons. The maximum absolute atomic E-state index is 13.4. The fourth-order valence-corrected chi connectivity index (χ4v) is 3.00. The zero-order valence-electron chi connectivity index (χ0n) is 12.4. The van der Waals surface area contributed by atoms with Gasteiger partial charge >= 0.3 is 0 Å². The summed E-state index contributed by atoms with van der Waals surface area (Å²) in [5.74, 6) is -0.178. The van der Waals surface area contributed by atoms with E-state index in [9.17, 15) is 4.39 Å². The number of halogens is 1. The van der Waals surface area contributed by atoms with Gasteiger partial charge in [-0.2, -0.15) is 0 Å². The summed E-state index contributed by atoms with van der Waals surface area (Å²) in [4.78, 5) is 2.22. The summed E-state index contributed by atoms with van der Waals surface area (Å²) >= 11 is 0. The molecule has 1 aliphatic rings. The summed E-state index contributed by atoms with van der Waals surface area (Å²) in [5.41, 5.74) is 4.96. The van der Waals surface area contributed by atoms with Gasteiger partial charge in [-0.05, 0) is 55.2 Å². The number of benzene rings is 2. The Hall–Kier alpha value is -2.03. The SMILES string of the molecule is CCN(Cc1cccc2c1CCCN2)c1cccc(F)c1. The first-order valence-electron chi connectivity index (χ1n) is 7.63. The van der Waals surface area contributed by atoms with Crippen LogP contribution in [0, 0.1) is 5.82 Å². The molecule has 3 heteroatoms. The first-order valence-corrected chi connectivity index (χ1v) is 7.63. The molecule has 0 amide bonds. The van der Waals surface area contributed by atoms with Gasteiger partial charge in [0.2, 0.25) is 0 Å². The number of fused-ring (bicyclic) bond motifs is 1. The minimum absolute atomic E-state index is 0.178. The van der Waals surface area contributed by atoms with Gasteiger partial charge in [0.15, 0.2) is 0 Å². The van der Waals surface area contributed by atoms with Gasteiger partial charge in [0.1, 0.15) is 5.82 Å². The van der Waals surface area contributed by atoms with Crippen molar-refractivity contribution >= 4 is 11.4 Å². The lowest BCUT2D eigenvalue weighted by molar-refractivity contribution is 0.626. The molecule has 0 radical (unpaired) electrons. The summed E-state index contributed by atoms with van der Waals surface area (Å²) in [5, 5.41) is 3.46. The molecule has 0 bridgehead atoms. The Bertz CT molecular complexity index is 624. The molecular formula is C18H21FN2. The minimum atomic E-state index is -0.178. The molecule has 0 aromatic heterocycles. The average Bonchev–Trinajstić information content (AvgIpc) is 2.52. The highest BCUT2D eigenvalue weighted by atomic mass is 19.1. The van der Waals surface area contributed by atoms with E-state index in [1.807, 2.05) is 6.07 Å². The van der Waals surface area contributed by atoms with E-state index >= 15 is 0 Å². The van der Waals surface area contributed by atoms with Gasteiger partial charge in [-0.1, -0.05) is 18.2 Å². The highest BCUT2D eigenvalue weighted by molar-refractivity contribution is 5.57. The van der Waals surface area contributed by atoms with Crippen molar-refractivity contribution in [2.24, 2.45) is 0 Å². The lowest BCUT2D eigenvalue weighted by Crippen LogP contribution is -2.24. The van der Waals surface area contributed by atoms with E-state index in [0.717, 1.165) is 31.7 Å². The van der Waals surface area contributed by atoms with Crippen LogP contribution in [-0.2, 0) is 13.0 Å². The Labute approximate surface area is 125 Å². The molecule has 0 unspecified atom stereocenters. The number of nitrogens with zero attached hydrogens (tertiary/aromatic N) is 1. The third-order valence-electron chi connectivity index (χ3n) is 4.11. The van der Waals surface area contributed by atoms with Gasteiger partial charge in [0.25, 0.3) is 0 Å². The van der Waals surface area contributed by atoms with Crippen molar-refractivity contribution in [1.82, 2.24) is 0 Å². The fourth-order valence-electron chi connectivity index (χ4n) is 3.00. The molecule has 2 nitrogen and oxygen atoms in total. The van der Waals surface area contributed by atoms with Crippen molar-refractivity contribution in [1.29, 1.82) is 0 Å². The smallest absolute Gasteiger partial charge is 0.125 e. The quantitative estimate of drug-likeness (QED) is 0.904. The van der Waals surface area contributed by atoms with Crippen molar-refractivity contribution < 1.29 is 4.39 Å². The van der Waals surface area contributed by atoms with Gasteiger partial charge in [-0.3, -0.25) is 0 Å². The van der Waals surface area contributed by atoms with Crippen LogP contribution in [0.4, 0.5) is 15.8 Å². The molecule has 0 saturated heterocycles. The topological polar surface area (TPSA) is 15.3 Å². The summed E-state index contributed by atoms with van der Waals surface area (Å²) in [6.07, 6.45) is 2.30. The van der Waals surface area contributed by atoms with E-state index in [0.29, 0.717) is 0 Å². The van der Waals surface area contributed by atoms with Gasteiger partial charge in [-0.15, -0.1) is 0 Å². The van der Waals surface area contributed by atoms with Gasteiger partial charge in [-0.25, -0.2) is 4.39 Å². The molecule has 21 heavy (non-hydrogen) atoms. The lowest BCUT2D eigenvalue weighted by atomic mass is 9.97. The zero-order chi connectivity index (χ0) is 14.7. The second kappa shape index (κ2) is 6.17. The van der Waals surface area contributed by atoms with E-state index in [2.05, 4.69) is 35.3 Å². The number of nitrogens with one attached hydrogen (secondary N) is 1. The predicted octanol–water partition coefficient (Wildman–Crippen LogP) is 4.21. The monoisotopic (exact) mass is 284 g/mol. The van der Waals surface area contributed by atoms with E-state index in [1.54, 1.807) is 12.1 Å². The van der Waals surface area contributed by atoms with Gasteiger partial charge < -0.3 is 10.2 Å². The highest BCUT2D eigenvalue weighted by Gasteiger charge is 2.14. The maximum atomic E-state index is 13.4. The van der Waals surface area contributed by atoms with Gasteiger partial charge in [0.05, 0.1) is 0 Å². The van der Waals surface area contributed by atoms with Crippen LogP contribution in [0.15, 0.2) is 42.5 Å². The van der Waals surface area contributed by atoms with E-state index in [-0.39, 0.29) is 5.82 Å². The maximum Gasteiger partial charge on any atom is 0.125 e. The Balaban J connectivity index is 1.88. The molecule has 0 fully saturated rings. The van der Waals surface area contributed by atoms with Gasteiger partial charge in [0, 0.05) is 31.0 Å². The predicted molar refractivity (Wildman–Crippen MR) is 86.4 cm³/mol. The number of rotatable bonds is 4. The van der Waals surface area contributed by atoms with Crippen molar-refractivity contribution in [2.75, 3.05) is 23.3 Å². The summed E-state index contributed by atoms with van der Waals surface area (Å²) in [6, 6.07) is 13.3. The Morgan fingerprint density at radius 3 is 2.86 bits per heavy atom. The van der Waals surface area contributed by atoms with Crippen LogP contribution in [0.25, 0.3) is 0 Å². The third-order valence-corrected chi connectivity index (χ3v) is 4.11. The minimum Gasteiger partial charge on any atom is -0.385 e. The van der Waals surface area contributed by atoms with E-state index in [4.69, 9.17) is 0 Å². The van der Waals surface area contributed by atoms with Crippen LogP contribution in [-0.4, -0.2) is 13.1 Å². The van der Waals surface area contributed by atoms with Crippen LogP contribution in [0.1, 0.15) is 24.5 Å². The number of hydrogen-bond donors (Lipinski definition) is 1. The second-order valence-electron chi connectivity index (χ2n) is 5.47. The molecule has 2 aromatic carbocycles. The second-order valence-corrected chi connectivity index (χ2v) is 5.47. The van der Waals surface area contributed by atoms with Crippen LogP contribution in [0.5, 0.6) is 0 Å². The third kappa shape index (κ3) is 3.02. The molecule has 1 N–H and O–H groups in total. The molecule has 0 aliphatic carbocycles. The van der Waals surface area contributed by atoms with E-state index in [1.165, 1.54) is 29.3 Å². The average molecular weight is 284 g/mol. The Kier molecular flexibility index (Phi) is 4.09. The molecule has 0 atom stereocenters. The molecule has 0 spiro atoms. The van der Waals surface area contributed by atoms with Crippen LogP contribution in [0.3, 0.4) is 0 Å². The summed E-state index contributed by atoms with van der Waals surface area (Å²) in [7, 11) is 0. The Morgan fingerprint density at radius 2 is 2.05 bits per heavy atom. The number of hydrogen-bond acceptors (Lipinski definition) is 2. The summed E-state index contributed by atoms with van der Waals surface area (Å²) < 4.78 is 13.4. The standard InChI is InChI=1S/C18H21FN2/c1-2-21(16-8-4-7-15(19)12-16)13-14-6-3-10-18-17(14)9-5-11-20-18/h3-4,6-8,10,12,20H,2,5,9,11,13H2,1H3. The molecule has 1 heterocycles. The van der Waals surface area contributed by atoms with Crippen molar-refractivity contribution in [3.63, 3.8) is 0 Å². The van der Waals surface area contributed by atoms with Crippen molar-refractivity contribution in [3.8, 4) is 0 Å². The number of anilines is 2. The van der Waals surface area contributed by atoms with Crippen LogP contribution >= 0.6 is 0 Å². The van der Waals surface area contributed by atoms with E-state index < -0.39 is 0 Å². The molecular weight excluding hydrogens is 263 g/mol. The lowest BCUT2D eigenvalue weighted by Gasteiger charge is -2.27. The fraction of sp³-hybridized carbons (Fsp3) is 0.333. The zero-order valence-corrected chi connectivity index (χ0v) is 12.4. The Morgan fingerprint density at radius 1 is 1.19 bits per heavy atom. The molecule has 2 aromatic rings. The molecule has 3 rings (SSSR count). The normalized spacial score (nSPS) is 13.4. The largest absolute Gasteiger partial charge is 0.385 e. The first kappa shape index (κ1) is 13.9. The van der Waals surface area contributed by atoms with Crippen molar-refractivity contribution in [3.05, 3.63) is 59.4 Å². The summed E-state index contributed by atoms with van der Waals surface area (Å²) in [6.45, 7) is 4.85. The first-order chi connectivity index (χ1) is 10.3. The van der Waals surface area contributed by atoms with Crippen LogP contribution in [0.2, 0.25) is 0 Å². The molecule has 0 saturated carbocycles. The van der Waals surface area contributed by atoms with Crippen LogP contribution < -0.4 is 10.2 Å². The van der Waals surface area contributed by atoms with Crippen molar-refractivity contribution in [2.45, 2.75) is 26.3 Å².